The molecule has 0 saturated heterocycles. The van der Waals surface area contributed by atoms with Crippen molar-refractivity contribution in [1.82, 2.24) is 10.6 Å². The van der Waals surface area contributed by atoms with E-state index in [1.165, 1.54) is 6.92 Å². The number of urea groups is 1. The smallest absolute Gasteiger partial charge is 0.325 e. The highest BCUT2D eigenvalue weighted by atomic mass is 16.4. The quantitative estimate of drug-likeness (QED) is 0.518. The number of aliphatic carboxylic acids is 2. The normalized spacial score (nSPS) is 13.7. The average molecular weight is 398 g/mol. The topological polar surface area (TPSA) is 116 Å². The maximum Gasteiger partial charge on any atom is 0.325 e. The summed E-state index contributed by atoms with van der Waals surface area (Å²) < 4.78 is 0. The molecule has 2 amide bonds. The zero-order valence-electron chi connectivity index (χ0n) is 16.5. The Labute approximate surface area is 169 Å². The van der Waals surface area contributed by atoms with Crippen LogP contribution in [0.25, 0.3) is 11.1 Å². The fourth-order valence-corrected chi connectivity index (χ4v) is 2.95. The largest absolute Gasteiger partial charge is 0.481 e. The van der Waals surface area contributed by atoms with Crippen LogP contribution in [-0.2, 0) is 16.0 Å². The predicted octanol–water partition coefficient (Wildman–Crippen LogP) is 3.15. The van der Waals surface area contributed by atoms with E-state index in [4.69, 9.17) is 5.11 Å². The van der Waals surface area contributed by atoms with Gasteiger partial charge in [-0.1, -0.05) is 61.5 Å². The minimum absolute atomic E-state index is 0.227. The molecule has 7 heteroatoms. The molecule has 2 rings (SSSR count). The van der Waals surface area contributed by atoms with Crippen LogP contribution in [0.4, 0.5) is 4.79 Å². The number of carboxylic acid groups (broad SMARTS) is 2. The maximum atomic E-state index is 12.1. The standard InChI is InChI=1S/C22H26N2O5/c1-14(20(25)26)12-19(24-22(29)23-15(2)21(27)28)13-16-8-10-18(11-9-16)17-6-4-3-5-7-17/h3-11,14-15,19H,12-13H2,1-2H3,(H,25,26)(H,27,28)(H2,23,24,29)/t14-,15-,19+/m1/s1. The van der Waals surface area contributed by atoms with Crippen molar-refractivity contribution in [1.29, 1.82) is 0 Å². The summed E-state index contributed by atoms with van der Waals surface area (Å²) in [5.41, 5.74) is 3.10. The molecule has 0 spiro atoms. The van der Waals surface area contributed by atoms with Gasteiger partial charge in [-0.2, -0.15) is 0 Å². The summed E-state index contributed by atoms with van der Waals surface area (Å²) in [6, 6.07) is 15.6. The first-order chi connectivity index (χ1) is 13.8. The van der Waals surface area contributed by atoms with E-state index in [9.17, 15) is 19.5 Å². The zero-order chi connectivity index (χ0) is 21.4. The number of hydrogen-bond acceptors (Lipinski definition) is 3. The van der Waals surface area contributed by atoms with Gasteiger partial charge in [-0.3, -0.25) is 9.59 Å². The van der Waals surface area contributed by atoms with E-state index in [1.54, 1.807) is 6.92 Å². The highest BCUT2D eigenvalue weighted by Crippen LogP contribution is 2.20. The van der Waals surface area contributed by atoms with E-state index < -0.39 is 36.0 Å². The molecule has 2 aromatic carbocycles. The molecule has 29 heavy (non-hydrogen) atoms. The molecule has 0 fully saturated rings. The van der Waals surface area contributed by atoms with Gasteiger partial charge in [-0.15, -0.1) is 0 Å². The monoisotopic (exact) mass is 398 g/mol. The van der Waals surface area contributed by atoms with Crippen molar-refractivity contribution in [2.24, 2.45) is 5.92 Å². The molecule has 0 radical (unpaired) electrons. The fraction of sp³-hybridized carbons (Fsp3) is 0.318. The lowest BCUT2D eigenvalue weighted by Crippen LogP contribution is -2.49. The summed E-state index contributed by atoms with van der Waals surface area (Å²) in [7, 11) is 0. The van der Waals surface area contributed by atoms with Gasteiger partial charge in [0.05, 0.1) is 5.92 Å². The molecular formula is C22H26N2O5. The van der Waals surface area contributed by atoms with Crippen LogP contribution in [0.3, 0.4) is 0 Å². The van der Waals surface area contributed by atoms with Crippen molar-refractivity contribution in [3.8, 4) is 11.1 Å². The number of carbonyl (C=O) groups excluding carboxylic acids is 1. The van der Waals surface area contributed by atoms with Crippen molar-refractivity contribution < 1.29 is 24.6 Å². The first-order valence-electron chi connectivity index (χ1n) is 9.43. The Bertz CT molecular complexity index is 836. The molecule has 7 nitrogen and oxygen atoms in total. The second-order valence-electron chi connectivity index (χ2n) is 7.12. The molecule has 2 aromatic rings. The van der Waals surface area contributed by atoms with Crippen LogP contribution >= 0.6 is 0 Å². The third-order valence-corrected chi connectivity index (χ3v) is 4.66. The summed E-state index contributed by atoms with van der Waals surface area (Å²) in [6.07, 6.45) is 0.659. The van der Waals surface area contributed by atoms with E-state index in [-0.39, 0.29) is 6.42 Å². The molecule has 4 N–H and O–H groups in total. The van der Waals surface area contributed by atoms with Crippen LogP contribution in [0.1, 0.15) is 25.8 Å². The number of nitrogens with one attached hydrogen (secondary N) is 2. The van der Waals surface area contributed by atoms with Crippen LogP contribution in [0, 0.1) is 5.92 Å². The first kappa shape index (κ1) is 21.9. The van der Waals surface area contributed by atoms with Crippen molar-refractivity contribution in [2.45, 2.75) is 38.8 Å². The van der Waals surface area contributed by atoms with Crippen LogP contribution in [0.5, 0.6) is 0 Å². The van der Waals surface area contributed by atoms with Crippen molar-refractivity contribution >= 4 is 18.0 Å². The molecule has 0 aliphatic rings. The van der Waals surface area contributed by atoms with Crippen LogP contribution in [-0.4, -0.2) is 40.3 Å². The molecule has 0 heterocycles. The van der Waals surface area contributed by atoms with Gasteiger partial charge >= 0.3 is 18.0 Å². The van der Waals surface area contributed by atoms with Gasteiger partial charge in [0.25, 0.3) is 0 Å². The Kier molecular flexibility index (Phi) is 7.77. The first-order valence-corrected chi connectivity index (χ1v) is 9.43. The fourth-order valence-electron chi connectivity index (χ4n) is 2.95. The Morgan fingerprint density at radius 2 is 1.41 bits per heavy atom. The third kappa shape index (κ3) is 6.95. The Morgan fingerprint density at radius 1 is 0.828 bits per heavy atom. The van der Waals surface area contributed by atoms with E-state index in [2.05, 4.69) is 10.6 Å². The van der Waals surface area contributed by atoms with Crippen molar-refractivity contribution in [3.63, 3.8) is 0 Å². The van der Waals surface area contributed by atoms with Gasteiger partial charge in [0, 0.05) is 6.04 Å². The summed E-state index contributed by atoms with van der Waals surface area (Å²) in [5, 5.41) is 23.2. The highest BCUT2D eigenvalue weighted by Gasteiger charge is 2.22. The molecule has 0 bridgehead atoms. The molecule has 0 aliphatic carbocycles. The minimum atomic E-state index is -1.15. The molecular weight excluding hydrogens is 372 g/mol. The number of amides is 2. The van der Waals surface area contributed by atoms with E-state index >= 15 is 0 Å². The van der Waals surface area contributed by atoms with Gasteiger partial charge in [-0.25, -0.2) is 4.79 Å². The number of benzene rings is 2. The second kappa shape index (κ2) is 10.3. The van der Waals surface area contributed by atoms with Crippen LogP contribution in [0.15, 0.2) is 54.6 Å². The second-order valence-corrected chi connectivity index (χ2v) is 7.12. The summed E-state index contributed by atoms with van der Waals surface area (Å²) >= 11 is 0. The van der Waals surface area contributed by atoms with E-state index in [1.807, 2.05) is 54.6 Å². The lowest BCUT2D eigenvalue weighted by molar-refractivity contribution is -0.141. The Hall–Kier alpha value is -3.35. The highest BCUT2D eigenvalue weighted by molar-refractivity contribution is 5.82. The van der Waals surface area contributed by atoms with Gasteiger partial charge in [0.1, 0.15) is 6.04 Å². The lowest BCUT2D eigenvalue weighted by Gasteiger charge is -2.22. The molecule has 0 aromatic heterocycles. The van der Waals surface area contributed by atoms with Crippen molar-refractivity contribution in [3.05, 3.63) is 60.2 Å². The number of carboxylic acids is 2. The number of rotatable bonds is 9. The van der Waals surface area contributed by atoms with E-state index in [0.29, 0.717) is 6.42 Å². The number of carbonyl (C=O) groups is 3. The SMILES string of the molecule is C[C@H](C[C@@H](Cc1ccc(-c2ccccc2)cc1)NC(=O)N[C@H](C)C(=O)O)C(=O)O. The van der Waals surface area contributed by atoms with Gasteiger partial charge in [-0.05, 0) is 36.5 Å². The Balaban J connectivity index is 2.08. The van der Waals surface area contributed by atoms with Gasteiger partial charge in [0.2, 0.25) is 0 Å². The van der Waals surface area contributed by atoms with Crippen LogP contribution in [0.2, 0.25) is 0 Å². The third-order valence-electron chi connectivity index (χ3n) is 4.66. The van der Waals surface area contributed by atoms with E-state index in [0.717, 1.165) is 16.7 Å². The lowest BCUT2D eigenvalue weighted by atomic mass is 9.95. The molecule has 154 valence electrons. The molecule has 0 saturated carbocycles. The zero-order valence-corrected chi connectivity index (χ0v) is 16.5. The van der Waals surface area contributed by atoms with Gasteiger partial charge in [0.15, 0.2) is 0 Å². The Morgan fingerprint density at radius 3 is 1.97 bits per heavy atom. The number of hydrogen-bond donors (Lipinski definition) is 4. The summed E-state index contributed by atoms with van der Waals surface area (Å²) in [4.78, 5) is 34.3. The molecule has 0 unspecified atom stereocenters. The van der Waals surface area contributed by atoms with Gasteiger partial charge < -0.3 is 20.8 Å². The van der Waals surface area contributed by atoms with Crippen molar-refractivity contribution in [2.75, 3.05) is 0 Å². The maximum absolute atomic E-state index is 12.1. The summed E-state index contributed by atoms with van der Waals surface area (Å²) in [6.45, 7) is 2.94. The average Bonchev–Trinajstić information content (AvgIpc) is 2.68. The van der Waals surface area contributed by atoms with Crippen LogP contribution < -0.4 is 10.6 Å². The summed E-state index contributed by atoms with van der Waals surface area (Å²) in [5.74, 6) is -2.75. The predicted molar refractivity (Wildman–Crippen MR) is 110 cm³/mol. The molecule has 0 aliphatic heterocycles. The minimum Gasteiger partial charge on any atom is -0.481 e. The molecule has 3 atom stereocenters.